The first kappa shape index (κ1) is 23.3. The van der Waals surface area contributed by atoms with Gasteiger partial charge >= 0.3 is 0 Å². The molecular formula is C30H30N2O2. The summed E-state index contributed by atoms with van der Waals surface area (Å²) in [6.07, 6.45) is 0. The summed E-state index contributed by atoms with van der Waals surface area (Å²) in [6, 6.07) is 30.4. The van der Waals surface area contributed by atoms with Crippen LogP contribution >= 0.6 is 0 Å². The van der Waals surface area contributed by atoms with Gasteiger partial charge in [0.1, 0.15) is 0 Å². The third-order valence-corrected chi connectivity index (χ3v) is 5.97. The minimum Gasteiger partial charge on any atom is -0.372 e. The second-order valence-corrected chi connectivity index (χ2v) is 8.90. The van der Waals surface area contributed by atoms with Crippen molar-refractivity contribution >= 4 is 17.3 Å². The molecule has 0 atom stereocenters. The van der Waals surface area contributed by atoms with Gasteiger partial charge in [-0.3, -0.25) is 10.2 Å². The Labute approximate surface area is 201 Å². The van der Waals surface area contributed by atoms with Crippen LogP contribution < -0.4 is 10.4 Å². The molecule has 4 rings (SSSR count). The Morgan fingerprint density at radius 3 is 1.62 bits per heavy atom. The highest BCUT2D eigenvalue weighted by atomic mass is 16.3. The summed E-state index contributed by atoms with van der Waals surface area (Å²) in [7, 11) is 0. The fraction of sp³-hybridized carbons (Fsp3) is 0.167. The molecule has 2 N–H and O–H groups in total. The maximum absolute atomic E-state index is 14.4. The molecule has 0 aliphatic carbocycles. The number of nitrogens with zero attached hydrogens (tertiary/aromatic N) is 1. The van der Waals surface area contributed by atoms with Crippen LogP contribution in [0.2, 0.25) is 0 Å². The normalized spacial score (nSPS) is 11.2. The molecular weight excluding hydrogens is 420 g/mol. The molecule has 0 saturated carbocycles. The van der Waals surface area contributed by atoms with Crippen LogP contribution in [0.5, 0.6) is 0 Å². The Kier molecular flexibility index (Phi) is 6.53. The van der Waals surface area contributed by atoms with E-state index < -0.39 is 11.5 Å². The summed E-state index contributed by atoms with van der Waals surface area (Å²) >= 11 is 0. The quantitative estimate of drug-likeness (QED) is 0.343. The van der Waals surface area contributed by atoms with E-state index in [4.69, 9.17) is 0 Å². The molecule has 0 aliphatic heterocycles. The molecule has 4 aromatic carbocycles. The molecule has 0 unspecified atom stereocenters. The van der Waals surface area contributed by atoms with E-state index in [0.29, 0.717) is 16.8 Å². The molecule has 172 valence electrons. The van der Waals surface area contributed by atoms with Gasteiger partial charge in [0.05, 0.1) is 11.4 Å². The van der Waals surface area contributed by atoms with Crippen molar-refractivity contribution in [3.05, 3.63) is 130 Å². The number of rotatable bonds is 6. The number of nitrogens with one attached hydrogen (secondary N) is 1. The Hall–Kier alpha value is -3.89. The smallest absolute Gasteiger partial charge is 0.286 e. The van der Waals surface area contributed by atoms with Crippen LogP contribution in [0, 0.1) is 27.7 Å². The zero-order chi connectivity index (χ0) is 24.3. The number of carbonyl (C=O) groups is 1. The summed E-state index contributed by atoms with van der Waals surface area (Å²) in [5.74, 6) is -0.492. The van der Waals surface area contributed by atoms with Crippen molar-refractivity contribution < 1.29 is 9.90 Å². The van der Waals surface area contributed by atoms with Crippen molar-refractivity contribution in [2.24, 2.45) is 0 Å². The van der Waals surface area contributed by atoms with E-state index in [1.54, 1.807) is 12.1 Å². The molecule has 34 heavy (non-hydrogen) atoms. The van der Waals surface area contributed by atoms with Crippen LogP contribution in [0.3, 0.4) is 0 Å². The van der Waals surface area contributed by atoms with Crippen LogP contribution in [0.1, 0.15) is 33.4 Å². The van der Waals surface area contributed by atoms with Crippen LogP contribution in [-0.4, -0.2) is 11.0 Å². The maximum Gasteiger partial charge on any atom is 0.286 e. The van der Waals surface area contributed by atoms with E-state index >= 15 is 0 Å². The standard InChI is InChI=1S/C30H30N2O2/c1-21-11-15-27(16-12-21)31-32(28-17-13-22(2)14-18-28)29(33)30(34,25-9-5-7-23(3)19-25)26-10-6-8-24(4)20-26/h5-20,31,34H,1-4H3. The largest absolute Gasteiger partial charge is 0.372 e. The number of hydrogen-bond acceptors (Lipinski definition) is 3. The van der Waals surface area contributed by atoms with E-state index in [9.17, 15) is 9.90 Å². The lowest BCUT2D eigenvalue weighted by Crippen LogP contribution is -2.50. The summed E-state index contributed by atoms with van der Waals surface area (Å²) in [4.78, 5) is 14.4. The number of aryl methyl sites for hydroxylation is 4. The van der Waals surface area contributed by atoms with E-state index in [1.165, 1.54) is 5.01 Å². The summed E-state index contributed by atoms with van der Waals surface area (Å²) in [5.41, 5.74) is 7.88. The fourth-order valence-electron chi connectivity index (χ4n) is 4.00. The summed E-state index contributed by atoms with van der Waals surface area (Å²) < 4.78 is 0. The molecule has 0 bridgehead atoms. The van der Waals surface area contributed by atoms with Gasteiger partial charge in [0, 0.05) is 0 Å². The molecule has 0 saturated heterocycles. The number of benzene rings is 4. The lowest BCUT2D eigenvalue weighted by atomic mass is 9.84. The van der Waals surface area contributed by atoms with Gasteiger partial charge in [-0.15, -0.1) is 0 Å². The third-order valence-electron chi connectivity index (χ3n) is 5.97. The van der Waals surface area contributed by atoms with Crippen molar-refractivity contribution in [3.8, 4) is 0 Å². The van der Waals surface area contributed by atoms with Gasteiger partial charge in [0.25, 0.3) is 5.91 Å². The van der Waals surface area contributed by atoms with Gasteiger partial charge in [-0.05, 0) is 63.1 Å². The number of hydrazine groups is 1. The lowest BCUT2D eigenvalue weighted by Gasteiger charge is -2.35. The van der Waals surface area contributed by atoms with Gasteiger partial charge in [-0.1, -0.05) is 95.1 Å². The molecule has 0 fully saturated rings. The molecule has 4 heteroatoms. The second-order valence-electron chi connectivity index (χ2n) is 8.90. The van der Waals surface area contributed by atoms with Crippen LogP contribution in [0.15, 0.2) is 97.1 Å². The molecule has 0 radical (unpaired) electrons. The monoisotopic (exact) mass is 450 g/mol. The minimum atomic E-state index is -1.90. The third kappa shape index (κ3) is 4.73. The molecule has 4 nitrogen and oxygen atoms in total. The van der Waals surface area contributed by atoms with E-state index in [2.05, 4.69) is 5.43 Å². The topological polar surface area (TPSA) is 52.6 Å². The highest BCUT2D eigenvalue weighted by Crippen LogP contribution is 2.35. The van der Waals surface area contributed by atoms with Crippen molar-refractivity contribution in [2.45, 2.75) is 33.3 Å². The highest BCUT2D eigenvalue weighted by Gasteiger charge is 2.44. The van der Waals surface area contributed by atoms with E-state index in [1.807, 2.05) is 113 Å². The SMILES string of the molecule is Cc1ccc(NN(C(=O)C(O)(c2cccc(C)c2)c2cccc(C)c2)c2ccc(C)cc2)cc1. The number of aliphatic hydroxyl groups is 1. The van der Waals surface area contributed by atoms with Crippen molar-refractivity contribution in [2.75, 3.05) is 10.4 Å². The molecule has 0 spiro atoms. The number of amides is 1. The predicted octanol–water partition coefficient (Wildman–Crippen LogP) is 6.22. The minimum absolute atomic E-state index is 0.492. The Balaban J connectivity index is 1.88. The van der Waals surface area contributed by atoms with Crippen LogP contribution in [0.25, 0.3) is 0 Å². The molecule has 4 aromatic rings. The van der Waals surface area contributed by atoms with Crippen molar-refractivity contribution in [1.82, 2.24) is 0 Å². The fourth-order valence-corrected chi connectivity index (χ4v) is 4.00. The van der Waals surface area contributed by atoms with E-state index in [-0.39, 0.29) is 0 Å². The Morgan fingerprint density at radius 1 is 0.676 bits per heavy atom. The first-order chi connectivity index (χ1) is 16.3. The van der Waals surface area contributed by atoms with Crippen molar-refractivity contribution in [3.63, 3.8) is 0 Å². The molecule has 0 heterocycles. The first-order valence-electron chi connectivity index (χ1n) is 11.4. The van der Waals surface area contributed by atoms with Gasteiger partial charge < -0.3 is 5.11 Å². The predicted molar refractivity (Wildman–Crippen MR) is 139 cm³/mol. The number of carbonyl (C=O) groups excluding carboxylic acids is 1. The van der Waals surface area contributed by atoms with Gasteiger partial charge in [0.2, 0.25) is 0 Å². The van der Waals surface area contributed by atoms with E-state index in [0.717, 1.165) is 27.9 Å². The second kappa shape index (κ2) is 9.54. The summed E-state index contributed by atoms with van der Waals surface area (Å²) in [6.45, 7) is 7.92. The average Bonchev–Trinajstić information content (AvgIpc) is 2.83. The molecule has 0 aromatic heterocycles. The first-order valence-corrected chi connectivity index (χ1v) is 11.4. The highest BCUT2D eigenvalue weighted by molar-refractivity contribution is 6.03. The average molecular weight is 451 g/mol. The van der Waals surface area contributed by atoms with Crippen LogP contribution in [-0.2, 0) is 10.4 Å². The lowest BCUT2D eigenvalue weighted by molar-refractivity contribution is -0.133. The van der Waals surface area contributed by atoms with Crippen molar-refractivity contribution in [1.29, 1.82) is 0 Å². The zero-order valence-electron chi connectivity index (χ0n) is 20.0. The van der Waals surface area contributed by atoms with Gasteiger partial charge in [0.15, 0.2) is 5.60 Å². The van der Waals surface area contributed by atoms with Gasteiger partial charge in [-0.25, -0.2) is 5.01 Å². The zero-order valence-corrected chi connectivity index (χ0v) is 20.0. The maximum atomic E-state index is 14.4. The molecule has 1 amide bonds. The van der Waals surface area contributed by atoms with Crippen LogP contribution in [0.4, 0.5) is 11.4 Å². The van der Waals surface area contributed by atoms with Gasteiger partial charge in [-0.2, -0.15) is 0 Å². The Morgan fingerprint density at radius 2 is 1.15 bits per heavy atom. The number of anilines is 2. The Bertz CT molecular complexity index is 1250. The summed E-state index contributed by atoms with van der Waals surface area (Å²) in [5, 5.41) is 13.7. The molecule has 0 aliphatic rings. The number of hydrogen-bond donors (Lipinski definition) is 2.